The van der Waals surface area contributed by atoms with Crippen molar-refractivity contribution in [3.8, 4) is 22.9 Å². The van der Waals surface area contributed by atoms with Gasteiger partial charge >= 0.3 is 0 Å². The predicted octanol–water partition coefficient (Wildman–Crippen LogP) is 3.50. The first-order valence-corrected chi connectivity index (χ1v) is 12.5. The number of nitrogens with one attached hydrogen (secondary N) is 1. The van der Waals surface area contributed by atoms with Crippen molar-refractivity contribution in [3.05, 3.63) is 47.3 Å². The van der Waals surface area contributed by atoms with Gasteiger partial charge in [-0.2, -0.15) is 4.68 Å². The van der Waals surface area contributed by atoms with Gasteiger partial charge in [0.1, 0.15) is 6.04 Å². The largest absolute Gasteiger partial charge is 0.492 e. The third-order valence-corrected chi connectivity index (χ3v) is 7.47. The summed E-state index contributed by atoms with van der Waals surface area (Å²) in [4.78, 5) is 15.0. The van der Waals surface area contributed by atoms with Crippen LogP contribution >= 0.6 is 0 Å². The number of anilines is 1. The molecule has 3 aromatic rings. The average Bonchev–Trinajstić information content (AvgIpc) is 3.58. The zero-order valence-electron chi connectivity index (χ0n) is 20.6. The molecular formula is C26H30N6O4. The Kier molecular flexibility index (Phi) is 5.96. The number of aromatic nitrogens is 4. The zero-order chi connectivity index (χ0) is 24.6. The molecule has 1 aliphatic carbocycles. The Balaban J connectivity index is 1.36. The number of benzene rings is 2. The van der Waals surface area contributed by atoms with Gasteiger partial charge in [-0.25, -0.2) is 0 Å². The molecule has 0 bridgehead atoms. The maximum atomic E-state index is 12.8. The smallest absolute Gasteiger partial charge is 0.231 e. The van der Waals surface area contributed by atoms with Crippen molar-refractivity contribution in [1.29, 1.82) is 0 Å². The van der Waals surface area contributed by atoms with Crippen LogP contribution in [0.4, 0.5) is 5.69 Å². The lowest BCUT2D eigenvalue weighted by atomic mass is 9.88. The van der Waals surface area contributed by atoms with Gasteiger partial charge in [-0.1, -0.05) is 25.3 Å². The summed E-state index contributed by atoms with van der Waals surface area (Å²) in [6, 6.07) is 9.45. The normalized spacial score (nSPS) is 19.7. The molecule has 1 atom stereocenters. The minimum absolute atomic E-state index is 0.0822. The molecule has 1 N–H and O–H groups in total. The molecule has 0 radical (unpaired) electrons. The number of ether oxygens (including phenoxy) is 3. The third kappa shape index (κ3) is 3.95. The van der Waals surface area contributed by atoms with Crippen LogP contribution < -0.4 is 19.5 Å². The van der Waals surface area contributed by atoms with Crippen LogP contribution in [-0.2, 0) is 11.2 Å². The van der Waals surface area contributed by atoms with E-state index in [1.165, 1.54) is 6.42 Å². The van der Waals surface area contributed by atoms with E-state index in [1.807, 2.05) is 30.3 Å². The number of likely N-dealkylation sites (N-methyl/N-ethyl adjacent to an activating group) is 1. The molecular weight excluding hydrogens is 460 g/mol. The van der Waals surface area contributed by atoms with Crippen LogP contribution in [0.1, 0.15) is 55.1 Å². The Morgan fingerprint density at radius 3 is 2.86 bits per heavy atom. The summed E-state index contributed by atoms with van der Waals surface area (Å²) in [7, 11) is 3.70. The van der Waals surface area contributed by atoms with Crippen LogP contribution in [0.5, 0.6) is 17.2 Å². The first-order valence-electron chi connectivity index (χ1n) is 12.5. The van der Waals surface area contributed by atoms with E-state index in [4.69, 9.17) is 14.2 Å². The maximum absolute atomic E-state index is 12.8. The van der Waals surface area contributed by atoms with Crippen LogP contribution in [0.25, 0.3) is 5.69 Å². The number of rotatable bonds is 5. The number of hydrogen-bond acceptors (Lipinski definition) is 8. The number of fused-ring (bicyclic) bond motifs is 2. The zero-order valence-corrected chi connectivity index (χ0v) is 20.6. The molecule has 10 nitrogen and oxygen atoms in total. The monoisotopic (exact) mass is 490 g/mol. The number of carbonyl (C=O) groups excluding carboxylic acids is 1. The molecule has 2 aromatic carbocycles. The number of tetrazole rings is 1. The molecule has 36 heavy (non-hydrogen) atoms. The number of hydrogen-bond donors (Lipinski definition) is 1. The molecule has 2 aliphatic heterocycles. The van der Waals surface area contributed by atoms with Gasteiger partial charge in [-0.05, 0) is 66.6 Å². The number of nitrogens with zero attached hydrogens (tertiary/aromatic N) is 5. The van der Waals surface area contributed by atoms with E-state index in [-0.39, 0.29) is 24.7 Å². The van der Waals surface area contributed by atoms with Gasteiger partial charge in [0.15, 0.2) is 17.3 Å². The topological polar surface area (TPSA) is 104 Å². The number of amides is 1. The summed E-state index contributed by atoms with van der Waals surface area (Å²) in [6.45, 7) is 0.997. The third-order valence-electron chi connectivity index (χ3n) is 7.47. The summed E-state index contributed by atoms with van der Waals surface area (Å²) in [5, 5.41) is 15.9. The summed E-state index contributed by atoms with van der Waals surface area (Å²) in [5.41, 5.74) is 3.62. The quantitative estimate of drug-likeness (QED) is 0.580. The van der Waals surface area contributed by atoms with Gasteiger partial charge < -0.3 is 19.5 Å². The highest BCUT2D eigenvalue weighted by atomic mass is 16.7. The molecule has 0 spiro atoms. The van der Waals surface area contributed by atoms with E-state index < -0.39 is 0 Å². The molecule has 6 rings (SSSR count). The predicted molar refractivity (Wildman–Crippen MR) is 132 cm³/mol. The fourth-order valence-electron chi connectivity index (χ4n) is 5.63. The van der Waals surface area contributed by atoms with Crippen molar-refractivity contribution < 1.29 is 19.0 Å². The van der Waals surface area contributed by atoms with Gasteiger partial charge in [-0.15, -0.1) is 5.10 Å². The SMILES string of the molecule is COc1c2c(cc3c1[C@@H](c1nnnn1-c1cccc(NC(=O)C4CCCCC4)c1)N(C)CC3)OCO2. The van der Waals surface area contributed by atoms with E-state index in [9.17, 15) is 4.79 Å². The number of methoxy groups -OCH3 is 1. The molecule has 0 unspecified atom stereocenters. The fraction of sp³-hybridized carbons (Fsp3) is 0.462. The van der Waals surface area contributed by atoms with Crippen molar-refractivity contribution in [1.82, 2.24) is 25.1 Å². The van der Waals surface area contributed by atoms with E-state index in [0.29, 0.717) is 23.1 Å². The Morgan fingerprint density at radius 2 is 2.03 bits per heavy atom. The van der Waals surface area contributed by atoms with Gasteiger partial charge in [0.2, 0.25) is 18.4 Å². The van der Waals surface area contributed by atoms with E-state index >= 15 is 0 Å². The highest BCUT2D eigenvalue weighted by molar-refractivity contribution is 5.92. The van der Waals surface area contributed by atoms with E-state index in [0.717, 1.165) is 61.2 Å². The number of carbonyl (C=O) groups is 1. The Bertz CT molecular complexity index is 1290. The minimum atomic E-state index is -0.256. The second-order valence-corrected chi connectivity index (χ2v) is 9.67. The van der Waals surface area contributed by atoms with Crippen LogP contribution in [0.3, 0.4) is 0 Å². The van der Waals surface area contributed by atoms with Crippen LogP contribution in [0, 0.1) is 5.92 Å². The average molecular weight is 491 g/mol. The first kappa shape index (κ1) is 22.8. The van der Waals surface area contributed by atoms with Gasteiger partial charge in [-0.3, -0.25) is 9.69 Å². The Morgan fingerprint density at radius 1 is 1.17 bits per heavy atom. The summed E-state index contributed by atoms with van der Waals surface area (Å²) < 4.78 is 19.0. The molecule has 1 fully saturated rings. The fourth-order valence-corrected chi connectivity index (χ4v) is 5.63. The highest BCUT2D eigenvalue weighted by Gasteiger charge is 2.37. The molecule has 3 aliphatic rings. The lowest BCUT2D eigenvalue weighted by molar-refractivity contribution is -0.120. The van der Waals surface area contributed by atoms with Crippen molar-refractivity contribution in [3.63, 3.8) is 0 Å². The standard InChI is InChI=1S/C26H30N6O4/c1-31-12-11-17-13-20-23(36-15-35-20)24(34-2)21(17)22(31)25-28-29-30-32(25)19-10-6-9-18(14-19)27-26(33)16-7-4-3-5-8-16/h6,9-10,13-14,16,22H,3-5,7-8,11-12,15H2,1-2H3,(H,27,33)/t22-/m0/s1. The van der Waals surface area contributed by atoms with Crippen molar-refractivity contribution in [2.45, 2.75) is 44.6 Å². The lowest BCUT2D eigenvalue weighted by Crippen LogP contribution is -2.35. The van der Waals surface area contributed by atoms with Gasteiger partial charge in [0, 0.05) is 23.7 Å². The summed E-state index contributed by atoms with van der Waals surface area (Å²) in [6.07, 6.45) is 6.21. The molecule has 1 saturated carbocycles. The van der Waals surface area contributed by atoms with E-state index in [1.54, 1.807) is 11.8 Å². The van der Waals surface area contributed by atoms with Crippen LogP contribution in [-0.4, -0.2) is 58.5 Å². The molecule has 0 saturated heterocycles. The molecule has 3 heterocycles. The summed E-state index contributed by atoms with van der Waals surface area (Å²) >= 11 is 0. The molecule has 1 amide bonds. The van der Waals surface area contributed by atoms with Crippen LogP contribution in [0.2, 0.25) is 0 Å². The molecule has 1 aromatic heterocycles. The van der Waals surface area contributed by atoms with Gasteiger partial charge in [0.25, 0.3) is 0 Å². The Labute approximate surface area is 209 Å². The van der Waals surface area contributed by atoms with Gasteiger partial charge in [0.05, 0.1) is 12.8 Å². The molecule has 188 valence electrons. The van der Waals surface area contributed by atoms with Crippen molar-refractivity contribution >= 4 is 11.6 Å². The first-order chi connectivity index (χ1) is 17.6. The molecule has 10 heteroatoms. The second-order valence-electron chi connectivity index (χ2n) is 9.67. The highest BCUT2D eigenvalue weighted by Crippen LogP contribution is 2.50. The second kappa shape index (κ2) is 9.42. The van der Waals surface area contributed by atoms with Crippen LogP contribution in [0.15, 0.2) is 30.3 Å². The summed E-state index contributed by atoms with van der Waals surface area (Å²) in [5.74, 6) is 2.80. The maximum Gasteiger partial charge on any atom is 0.231 e. The Hall–Kier alpha value is -3.66. The van der Waals surface area contributed by atoms with Crippen molar-refractivity contribution in [2.24, 2.45) is 5.92 Å². The van der Waals surface area contributed by atoms with Crippen molar-refractivity contribution in [2.75, 3.05) is 32.8 Å². The minimum Gasteiger partial charge on any atom is -0.492 e. The lowest BCUT2D eigenvalue weighted by Gasteiger charge is -2.34. The van der Waals surface area contributed by atoms with E-state index in [2.05, 4.69) is 32.8 Å².